The van der Waals surface area contributed by atoms with E-state index >= 15 is 0 Å². The molecule has 0 unspecified atom stereocenters. The van der Waals surface area contributed by atoms with Crippen molar-refractivity contribution >= 4 is 22.9 Å². The lowest BCUT2D eigenvalue weighted by Gasteiger charge is -2.14. The van der Waals surface area contributed by atoms with Crippen LogP contribution in [0.15, 0.2) is 36.8 Å². The third-order valence-electron chi connectivity index (χ3n) is 4.09. The number of anilines is 1. The topological polar surface area (TPSA) is 90.5 Å². The summed E-state index contributed by atoms with van der Waals surface area (Å²) in [7, 11) is 1.60. The number of aromatic nitrogens is 4. The van der Waals surface area contributed by atoms with Crippen molar-refractivity contribution in [3.05, 3.63) is 48.0 Å². The molecule has 8 nitrogen and oxygen atoms in total. The molecule has 3 rings (SSSR count). The minimum absolute atomic E-state index is 0.0736. The number of amides is 1. The number of hydrogen-bond acceptors (Lipinski definition) is 5. The summed E-state index contributed by atoms with van der Waals surface area (Å²) < 4.78 is 8.39. The first-order valence-electron chi connectivity index (χ1n) is 8.65. The van der Waals surface area contributed by atoms with E-state index in [1.54, 1.807) is 36.4 Å². The molecule has 0 saturated carbocycles. The molecule has 0 spiro atoms. The highest BCUT2D eigenvalue weighted by molar-refractivity contribution is 6.03. The minimum Gasteiger partial charge on any atom is -0.383 e. The van der Waals surface area contributed by atoms with E-state index in [-0.39, 0.29) is 17.4 Å². The maximum Gasteiger partial charge on any atom is 0.277 e. The minimum atomic E-state index is -0.448. The molecular weight excluding hydrogens is 346 g/mol. The number of rotatable bonds is 6. The Kier molecular flexibility index (Phi) is 5.09. The van der Waals surface area contributed by atoms with Gasteiger partial charge in [-0.1, -0.05) is 26.0 Å². The molecule has 3 heterocycles. The number of ether oxygens (including phenoxy) is 1. The van der Waals surface area contributed by atoms with Crippen molar-refractivity contribution in [2.75, 3.05) is 19.0 Å². The smallest absolute Gasteiger partial charge is 0.277 e. The predicted molar refractivity (Wildman–Crippen MR) is 101 cm³/mol. The van der Waals surface area contributed by atoms with Gasteiger partial charge in [0.15, 0.2) is 11.5 Å². The second-order valence-corrected chi connectivity index (χ2v) is 7.37. The average molecular weight is 369 g/mol. The number of pyridine rings is 1. The molecule has 3 aromatic heterocycles. The Bertz CT molecular complexity index is 981. The van der Waals surface area contributed by atoms with Crippen LogP contribution < -0.4 is 5.32 Å². The van der Waals surface area contributed by atoms with Crippen molar-refractivity contribution in [2.24, 2.45) is 5.41 Å². The van der Waals surface area contributed by atoms with E-state index < -0.39 is 5.41 Å². The molecule has 0 radical (unpaired) electrons. The van der Waals surface area contributed by atoms with Crippen LogP contribution in [0, 0.1) is 5.41 Å². The van der Waals surface area contributed by atoms with Gasteiger partial charge < -0.3 is 14.5 Å². The molecule has 3 aromatic rings. The van der Waals surface area contributed by atoms with Crippen LogP contribution in [0.1, 0.15) is 41.6 Å². The highest BCUT2D eigenvalue weighted by Crippen LogP contribution is 2.23. The third kappa shape index (κ3) is 4.22. The Balaban J connectivity index is 1.76. The molecule has 27 heavy (non-hydrogen) atoms. The van der Waals surface area contributed by atoms with Gasteiger partial charge in [0.1, 0.15) is 0 Å². The van der Waals surface area contributed by atoms with E-state index in [0.717, 1.165) is 5.52 Å². The summed E-state index contributed by atoms with van der Waals surface area (Å²) in [4.78, 5) is 24.8. The standard InChI is InChI=1S/C19H23N5O3/c1-19(2,3)17(25)13-9-15-10-14(5-6-23(15)11-13)20-18(26)16-12-24(22-21-16)7-8-27-4/h5-6,9-12H,7-8H2,1-4H3,(H,20,26). The number of Topliss-reactive ketones (excluding diaryl/α,β-unsaturated/α-hetero) is 1. The van der Waals surface area contributed by atoms with Gasteiger partial charge >= 0.3 is 0 Å². The fraction of sp³-hybridized carbons (Fsp3) is 0.368. The molecule has 0 aromatic carbocycles. The molecule has 8 heteroatoms. The Morgan fingerprint density at radius 1 is 1.22 bits per heavy atom. The highest BCUT2D eigenvalue weighted by atomic mass is 16.5. The van der Waals surface area contributed by atoms with Crippen molar-refractivity contribution < 1.29 is 14.3 Å². The second-order valence-electron chi connectivity index (χ2n) is 7.37. The van der Waals surface area contributed by atoms with E-state index in [9.17, 15) is 9.59 Å². The molecule has 0 bridgehead atoms. The number of carbonyl (C=O) groups is 2. The normalized spacial score (nSPS) is 11.7. The lowest BCUT2D eigenvalue weighted by molar-refractivity contribution is 0.0858. The first kappa shape index (κ1) is 18.8. The Hall–Kier alpha value is -3.00. The van der Waals surface area contributed by atoms with Crippen molar-refractivity contribution in [2.45, 2.75) is 27.3 Å². The van der Waals surface area contributed by atoms with Crippen LogP contribution in [-0.4, -0.2) is 44.8 Å². The summed E-state index contributed by atoms with van der Waals surface area (Å²) in [6, 6.07) is 5.41. The zero-order chi connectivity index (χ0) is 19.6. The molecule has 0 aliphatic carbocycles. The number of fused-ring (bicyclic) bond motifs is 1. The molecule has 0 atom stereocenters. The van der Waals surface area contributed by atoms with E-state index in [1.165, 1.54) is 0 Å². The fourth-order valence-corrected chi connectivity index (χ4v) is 2.64. The van der Waals surface area contributed by atoms with Crippen LogP contribution in [0.2, 0.25) is 0 Å². The van der Waals surface area contributed by atoms with Gasteiger partial charge in [-0.2, -0.15) is 0 Å². The fourth-order valence-electron chi connectivity index (χ4n) is 2.64. The van der Waals surface area contributed by atoms with E-state index in [1.807, 2.05) is 37.3 Å². The first-order chi connectivity index (χ1) is 12.8. The maximum atomic E-state index is 12.5. The van der Waals surface area contributed by atoms with Crippen LogP contribution >= 0.6 is 0 Å². The number of carbonyl (C=O) groups excluding carboxylic acids is 2. The quantitative estimate of drug-likeness (QED) is 0.675. The molecule has 0 aliphatic heterocycles. The van der Waals surface area contributed by atoms with Crippen molar-refractivity contribution in [1.82, 2.24) is 19.4 Å². The van der Waals surface area contributed by atoms with Crippen LogP contribution in [0.25, 0.3) is 5.52 Å². The highest BCUT2D eigenvalue weighted by Gasteiger charge is 2.24. The Morgan fingerprint density at radius 2 is 2.00 bits per heavy atom. The number of methoxy groups -OCH3 is 1. The average Bonchev–Trinajstić information content (AvgIpc) is 3.24. The van der Waals surface area contributed by atoms with E-state index in [0.29, 0.717) is 24.4 Å². The predicted octanol–water partition coefficient (Wildman–Crippen LogP) is 2.66. The van der Waals surface area contributed by atoms with Crippen LogP contribution in [0.3, 0.4) is 0 Å². The number of ketones is 1. The van der Waals surface area contributed by atoms with Crippen LogP contribution in [-0.2, 0) is 11.3 Å². The van der Waals surface area contributed by atoms with Crippen molar-refractivity contribution in [1.29, 1.82) is 0 Å². The van der Waals surface area contributed by atoms with Crippen molar-refractivity contribution in [3.63, 3.8) is 0 Å². The van der Waals surface area contributed by atoms with Gasteiger partial charge in [0.05, 0.1) is 19.3 Å². The molecule has 1 amide bonds. The summed E-state index contributed by atoms with van der Waals surface area (Å²) in [6.45, 7) is 6.69. The molecule has 1 N–H and O–H groups in total. The molecule has 142 valence electrons. The van der Waals surface area contributed by atoms with E-state index in [2.05, 4.69) is 15.6 Å². The number of hydrogen-bond donors (Lipinski definition) is 1. The van der Waals surface area contributed by atoms with Gasteiger partial charge in [-0.05, 0) is 18.2 Å². The first-order valence-corrected chi connectivity index (χ1v) is 8.65. The number of nitrogens with zero attached hydrogens (tertiary/aromatic N) is 4. The summed E-state index contributed by atoms with van der Waals surface area (Å²) in [5.74, 6) is -0.273. The van der Waals surface area contributed by atoms with Gasteiger partial charge in [0.25, 0.3) is 5.91 Å². The van der Waals surface area contributed by atoms with Crippen LogP contribution in [0.5, 0.6) is 0 Å². The van der Waals surface area contributed by atoms with Gasteiger partial charge in [0.2, 0.25) is 0 Å². The SMILES string of the molecule is COCCn1cc(C(=O)Nc2ccn3cc(C(=O)C(C)(C)C)cc3c2)nn1. The van der Waals surface area contributed by atoms with Gasteiger partial charge in [-0.3, -0.25) is 9.59 Å². The zero-order valence-corrected chi connectivity index (χ0v) is 15.9. The third-order valence-corrected chi connectivity index (χ3v) is 4.09. The molecule has 0 fully saturated rings. The van der Waals surface area contributed by atoms with Crippen molar-refractivity contribution in [3.8, 4) is 0 Å². The van der Waals surface area contributed by atoms with E-state index in [4.69, 9.17) is 4.74 Å². The molecule has 0 aliphatic rings. The summed E-state index contributed by atoms with van der Waals surface area (Å²) in [5, 5.41) is 10.6. The number of nitrogens with one attached hydrogen (secondary N) is 1. The molecular formula is C19H23N5O3. The lowest BCUT2D eigenvalue weighted by Crippen LogP contribution is -2.19. The monoisotopic (exact) mass is 369 g/mol. The van der Waals surface area contributed by atoms with Gasteiger partial charge in [0, 0.05) is 41.7 Å². The largest absolute Gasteiger partial charge is 0.383 e. The van der Waals surface area contributed by atoms with Gasteiger partial charge in [-0.15, -0.1) is 5.10 Å². The summed E-state index contributed by atoms with van der Waals surface area (Å²) in [5.41, 5.74) is 1.87. The second kappa shape index (κ2) is 7.32. The maximum absolute atomic E-state index is 12.5. The Morgan fingerprint density at radius 3 is 2.70 bits per heavy atom. The Labute approximate surface area is 157 Å². The van der Waals surface area contributed by atoms with Gasteiger partial charge in [-0.25, -0.2) is 4.68 Å². The van der Waals surface area contributed by atoms with Crippen LogP contribution in [0.4, 0.5) is 5.69 Å². The summed E-state index contributed by atoms with van der Waals surface area (Å²) in [6.07, 6.45) is 5.18. The lowest BCUT2D eigenvalue weighted by atomic mass is 9.87. The molecule has 0 saturated heterocycles. The zero-order valence-electron chi connectivity index (χ0n) is 15.9. The summed E-state index contributed by atoms with van der Waals surface area (Å²) >= 11 is 0.